The molecule has 35 heavy (non-hydrogen) atoms. The summed E-state index contributed by atoms with van der Waals surface area (Å²) in [6, 6.07) is 8.72. The molecular weight excluding hydrogens is 432 g/mol. The average Bonchev–Trinajstić information content (AvgIpc) is 2.85. The molecule has 0 fully saturated rings. The third-order valence-corrected chi connectivity index (χ3v) is 6.01. The summed E-state index contributed by atoms with van der Waals surface area (Å²) in [6.45, 7) is 7.27. The molecule has 0 amide bonds. The minimum absolute atomic E-state index is 0.459. The average molecular weight is 479 g/mol. The first-order valence-corrected chi connectivity index (χ1v) is 13.2. The monoisotopic (exact) mass is 478 g/mol. The van der Waals surface area contributed by atoms with Gasteiger partial charge in [-0.25, -0.2) is 0 Å². The van der Waals surface area contributed by atoms with E-state index in [1.165, 1.54) is 81.5 Å². The maximum absolute atomic E-state index is 10.3. The van der Waals surface area contributed by atoms with E-state index >= 15 is 0 Å². The molecule has 0 aliphatic rings. The van der Waals surface area contributed by atoms with Crippen LogP contribution in [0.5, 0.6) is 0 Å². The Labute approximate surface area is 214 Å². The highest BCUT2D eigenvalue weighted by Crippen LogP contribution is 2.17. The molecule has 0 heterocycles. The van der Waals surface area contributed by atoms with Crippen LogP contribution in [0.15, 0.2) is 78.1 Å². The van der Waals surface area contributed by atoms with Crippen LogP contribution < -0.4 is 4.90 Å². The van der Waals surface area contributed by atoms with E-state index in [2.05, 4.69) is 62.2 Å². The Hall–Kier alpha value is -2.88. The standard InChI is InChI=1S/C31H46N2O2/c1-5-6-7-8-9-10-11-12-13-16-26-32(4)31-23-21-30(22-24-31)20-19-28(2)17-14-15-18-29(3)25-27-33(34)35/h14-15,17-25,27H,5-13,16,26H2,1-4H3. The van der Waals surface area contributed by atoms with E-state index in [0.29, 0.717) is 0 Å². The zero-order valence-corrected chi connectivity index (χ0v) is 22.4. The van der Waals surface area contributed by atoms with Crippen LogP contribution in [-0.4, -0.2) is 18.5 Å². The van der Waals surface area contributed by atoms with Crippen molar-refractivity contribution in [1.29, 1.82) is 0 Å². The van der Waals surface area contributed by atoms with Crippen LogP contribution >= 0.6 is 0 Å². The summed E-state index contributed by atoms with van der Waals surface area (Å²) in [5, 5.41) is 10.3. The van der Waals surface area contributed by atoms with E-state index in [0.717, 1.165) is 23.9 Å². The fourth-order valence-corrected chi connectivity index (χ4v) is 3.74. The molecule has 0 atom stereocenters. The number of hydrogen-bond acceptors (Lipinski definition) is 3. The number of rotatable bonds is 18. The number of nitro groups is 1. The molecule has 0 aliphatic carbocycles. The number of unbranched alkanes of at least 4 members (excludes halogenated alkanes) is 9. The van der Waals surface area contributed by atoms with Gasteiger partial charge in [0, 0.05) is 25.4 Å². The van der Waals surface area contributed by atoms with Gasteiger partial charge in [-0.3, -0.25) is 10.1 Å². The molecule has 192 valence electrons. The third kappa shape index (κ3) is 16.4. The largest absolute Gasteiger partial charge is 0.375 e. The molecule has 0 aromatic heterocycles. The predicted molar refractivity (Wildman–Crippen MR) is 153 cm³/mol. The zero-order valence-electron chi connectivity index (χ0n) is 22.4. The lowest BCUT2D eigenvalue weighted by Crippen LogP contribution is -2.18. The van der Waals surface area contributed by atoms with Gasteiger partial charge in [0.1, 0.15) is 0 Å². The summed E-state index contributed by atoms with van der Waals surface area (Å²) in [7, 11) is 2.18. The first-order valence-electron chi connectivity index (χ1n) is 13.2. The topological polar surface area (TPSA) is 46.4 Å². The van der Waals surface area contributed by atoms with Crippen molar-refractivity contribution in [3.8, 4) is 0 Å². The molecule has 0 bridgehead atoms. The molecular formula is C31H46N2O2. The first-order chi connectivity index (χ1) is 16.9. The van der Waals surface area contributed by atoms with Crippen LogP contribution in [0.4, 0.5) is 5.69 Å². The molecule has 0 radical (unpaired) electrons. The molecule has 0 N–H and O–H groups in total. The number of benzene rings is 1. The molecule has 0 spiro atoms. The SMILES string of the molecule is CCCCCCCCCCCCN(C)c1ccc(C=CC(C)=CC=CC=C(C)C=C[N+](=O)[O-])cc1. The van der Waals surface area contributed by atoms with Crippen LogP contribution in [-0.2, 0) is 0 Å². The Bertz CT molecular complexity index is 860. The Morgan fingerprint density at radius 1 is 0.829 bits per heavy atom. The fraction of sp³-hybridized carbons (Fsp3) is 0.484. The number of hydrogen-bond donors (Lipinski definition) is 0. The maximum atomic E-state index is 10.3. The fourth-order valence-electron chi connectivity index (χ4n) is 3.74. The molecule has 4 nitrogen and oxygen atoms in total. The van der Waals surface area contributed by atoms with Gasteiger partial charge in [-0.2, -0.15) is 0 Å². The molecule has 1 aromatic carbocycles. The minimum Gasteiger partial charge on any atom is -0.375 e. The van der Waals surface area contributed by atoms with E-state index in [1.54, 1.807) is 0 Å². The van der Waals surface area contributed by atoms with Gasteiger partial charge in [0.2, 0.25) is 6.20 Å². The number of anilines is 1. The summed E-state index contributed by atoms with van der Waals surface area (Å²) in [5.74, 6) is 0. The molecule has 1 aromatic rings. The van der Waals surface area contributed by atoms with Crippen molar-refractivity contribution in [1.82, 2.24) is 0 Å². The van der Waals surface area contributed by atoms with Crippen molar-refractivity contribution >= 4 is 11.8 Å². The van der Waals surface area contributed by atoms with Crippen molar-refractivity contribution in [2.75, 3.05) is 18.5 Å². The second-order valence-electron chi connectivity index (χ2n) is 9.34. The van der Waals surface area contributed by atoms with Crippen LogP contribution in [0.1, 0.15) is 90.5 Å². The quantitative estimate of drug-likeness (QED) is 0.0913. The summed E-state index contributed by atoms with van der Waals surface area (Å²) in [4.78, 5) is 12.2. The Balaban J connectivity index is 2.34. The van der Waals surface area contributed by atoms with E-state index in [9.17, 15) is 10.1 Å². The van der Waals surface area contributed by atoms with E-state index in [1.807, 2.05) is 31.2 Å². The van der Waals surface area contributed by atoms with Crippen LogP contribution in [0.25, 0.3) is 6.08 Å². The number of nitrogens with zero attached hydrogens (tertiary/aromatic N) is 2. The van der Waals surface area contributed by atoms with E-state index in [4.69, 9.17) is 0 Å². The molecule has 4 heteroatoms. The Kier molecular flexibility index (Phi) is 16.7. The van der Waals surface area contributed by atoms with Gasteiger partial charge in [-0.05, 0) is 43.5 Å². The summed E-state index contributed by atoms with van der Waals surface area (Å²) in [5.41, 5.74) is 4.41. The van der Waals surface area contributed by atoms with Gasteiger partial charge < -0.3 is 4.90 Å². The van der Waals surface area contributed by atoms with Gasteiger partial charge >= 0.3 is 0 Å². The predicted octanol–water partition coefficient (Wildman–Crippen LogP) is 9.30. The van der Waals surface area contributed by atoms with Crippen LogP contribution in [0, 0.1) is 10.1 Å². The van der Waals surface area contributed by atoms with Crippen molar-refractivity contribution in [3.05, 3.63) is 93.7 Å². The smallest absolute Gasteiger partial charge is 0.234 e. The summed E-state index contributed by atoms with van der Waals surface area (Å²) >= 11 is 0. The molecule has 0 unspecified atom stereocenters. The second-order valence-corrected chi connectivity index (χ2v) is 9.34. The lowest BCUT2D eigenvalue weighted by Gasteiger charge is -2.19. The van der Waals surface area contributed by atoms with Crippen molar-refractivity contribution in [2.45, 2.75) is 85.0 Å². The second kappa shape index (κ2) is 19.4. The first kappa shape index (κ1) is 30.2. The Morgan fingerprint density at radius 2 is 1.34 bits per heavy atom. The van der Waals surface area contributed by atoms with Gasteiger partial charge in [0.25, 0.3) is 0 Å². The van der Waals surface area contributed by atoms with Crippen molar-refractivity contribution in [3.63, 3.8) is 0 Å². The van der Waals surface area contributed by atoms with Crippen LogP contribution in [0.2, 0.25) is 0 Å². The number of allylic oxidation sites excluding steroid dienone is 8. The van der Waals surface area contributed by atoms with E-state index < -0.39 is 4.92 Å². The highest BCUT2D eigenvalue weighted by molar-refractivity contribution is 5.57. The molecule has 0 aliphatic heterocycles. The van der Waals surface area contributed by atoms with E-state index in [-0.39, 0.29) is 0 Å². The van der Waals surface area contributed by atoms with Crippen molar-refractivity contribution in [2.24, 2.45) is 0 Å². The van der Waals surface area contributed by atoms with Gasteiger partial charge in [-0.1, -0.05) is 119 Å². The normalized spacial score (nSPS) is 12.9. The molecule has 0 saturated heterocycles. The lowest BCUT2D eigenvalue weighted by molar-refractivity contribution is -0.402. The minimum atomic E-state index is -0.459. The zero-order chi connectivity index (χ0) is 25.7. The highest BCUT2D eigenvalue weighted by Gasteiger charge is 2.00. The molecule has 0 saturated carbocycles. The highest BCUT2D eigenvalue weighted by atomic mass is 16.6. The molecule has 1 rings (SSSR count). The van der Waals surface area contributed by atoms with Crippen molar-refractivity contribution < 1.29 is 4.92 Å². The summed E-state index contributed by atoms with van der Waals surface area (Å²) < 4.78 is 0. The third-order valence-electron chi connectivity index (χ3n) is 6.01. The van der Waals surface area contributed by atoms with Gasteiger partial charge in [0.05, 0.1) is 4.92 Å². The lowest BCUT2D eigenvalue weighted by atomic mass is 10.1. The van der Waals surface area contributed by atoms with Crippen LogP contribution in [0.3, 0.4) is 0 Å². The van der Waals surface area contributed by atoms with Gasteiger partial charge in [-0.15, -0.1) is 0 Å². The summed E-state index contributed by atoms with van der Waals surface area (Å²) in [6.07, 6.45) is 28.0. The maximum Gasteiger partial charge on any atom is 0.234 e. The van der Waals surface area contributed by atoms with Gasteiger partial charge in [0.15, 0.2) is 0 Å². The Morgan fingerprint density at radius 3 is 1.89 bits per heavy atom.